The van der Waals surface area contributed by atoms with E-state index in [2.05, 4.69) is 18.9 Å². The van der Waals surface area contributed by atoms with E-state index < -0.39 is 0 Å². The predicted molar refractivity (Wildman–Crippen MR) is 74.5 cm³/mol. The summed E-state index contributed by atoms with van der Waals surface area (Å²) in [6.07, 6.45) is 6.81. The van der Waals surface area contributed by atoms with E-state index in [0.29, 0.717) is 18.9 Å². The van der Waals surface area contributed by atoms with Gasteiger partial charge in [-0.25, -0.2) is 0 Å². The van der Waals surface area contributed by atoms with Gasteiger partial charge < -0.3 is 9.64 Å². The fraction of sp³-hybridized carbons (Fsp3) is 0.933. The Kier molecular flexibility index (Phi) is 7.33. The minimum Gasteiger partial charge on any atom is -0.466 e. The van der Waals surface area contributed by atoms with Crippen LogP contribution in [-0.4, -0.2) is 37.6 Å². The Morgan fingerprint density at radius 3 is 2.33 bits per heavy atom. The van der Waals surface area contributed by atoms with E-state index in [1.807, 2.05) is 6.92 Å². The summed E-state index contributed by atoms with van der Waals surface area (Å²) in [4.78, 5) is 13.9. The van der Waals surface area contributed by atoms with Crippen molar-refractivity contribution in [3.8, 4) is 0 Å². The summed E-state index contributed by atoms with van der Waals surface area (Å²) in [6, 6.07) is 0. The van der Waals surface area contributed by atoms with Crippen molar-refractivity contribution in [3.63, 3.8) is 0 Å². The minimum atomic E-state index is -0.0101. The number of nitrogens with zero attached hydrogens (tertiary/aromatic N) is 1. The van der Waals surface area contributed by atoms with Gasteiger partial charge in [-0.15, -0.1) is 0 Å². The van der Waals surface area contributed by atoms with Crippen molar-refractivity contribution < 1.29 is 9.53 Å². The van der Waals surface area contributed by atoms with Gasteiger partial charge in [0.25, 0.3) is 0 Å². The van der Waals surface area contributed by atoms with Gasteiger partial charge in [-0.2, -0.15) is 0 Å². The molecule has 3 nitrogen and oxygen atoms in total. The Hall–Kier alpha value is -0.570. The monoisotopic (exact) mass is 255 g/mol. The van der Waals surface area contributed by atoms with Crippen LogP contribution in [0.5, 0.6) is 0 Å². The number of ether oxygens (including phenoxy) is 1. The quantitative estimate of drug-likeness (QED) is 0.655. The third-order valence-electron chi connectivity index (χ3n) is 3.90. The molecule has 1 saturated carbocycles. The van der Waals surface area contributed by atoms with Gasteiger partial charge in [-0.1, -0.05) is 6.92 Å². The van der Waals surface area contributed by atoms with Crippen molar-refractivity contribution >= 4 is 5.97 Å². The summed E-state index contributed by atoms with van der Waals surface area (Å²) >= 11 is 0. The molecule has 0 spiro atoms. The summed E-state index contributed by atoms with van der Waals surface area (Å²) in [5.41, 5.74) is 0. The molecular formula is C15H29NO2. The summed E-state index contributed by atoms with van der Waals surface area (Å²) in [5, 5.41) is 0. The van der Waals surface area contributed by atoms with E-state index in [1.165, 1.54) is 45.2 Å². The molecule has 0 saturated heterocycles. The highest BCUT2D eigenvalue weighted by atomic mass is 16.5. The lowest BCUT2D eigenvalue weighted by atomic mass is 9.80. The zero-order valence-corrected chi connectivity index (χ0v) is 12.3. The van der Waals surface area contributed by atoms with Crippen LogP contribution >= 0.6 is 0 Å². The third kappa shape index (κ3) is 5.85. The molecule has 0 aliphatic heterocycles. The van der Waals surface area contributed by atoms with Gasteiger partial charge >= 0.3 is 5.97 Å². The number of carbonyl (C=O) groups excluding carboxylic acids is 1. The van der Waals surface area contributed by atoms with E-state index in [9.17, 15) is 4.79 Å². The topological polar surface area (TPSA) is 29.5 Å². The molecule has 0 unspecified atom stereocenters. The highest BCUT2D eigenvalue weighted by Gasteiger charge is 2.24. The number of hydrogen-bond acceptors (Lipinski definition) is 3. The number of rotatable bonds is 7. The lowest BCUT2D eigenvalue weighted by Gasteiger charge is -2.30. The normalized spacial score (nSPS) is 24.2. The molecule has 3 heteroatoms. The highest BCUT2D eigenvalue weighted by Crippen LogP contribution is 2.31. The second-order valence-electron chi connectivity index (χ2n) is 5.66. The number of esters is 1. The number of hydrogen-bond donors (Lipinski definition) is 0. The minimum absolute atomic E-state index is 0.0101. The smallest absolute Gasteiger partial charge is 0.306 e. The molecule has 0 heterocycles. The molecule has 0 aromatic rings. The molecule has 106 valence electrons. The number of carbonyl (C=O) groups is 1. The predicted octanol–water partition coefficient (Wildman–Crippen LogP) is 3.09. The van der Waals surface area contributed by atoms with E-state index in [0.717, 1.165) is 5.92 Å². The second-order valence-corrected chi connectivity index (χ2v) is 5.66. The molecule has 0 aromatic heterocycles. The van der Waals surface area contributed by atoms with E-state index in [-0.39, 0.29) is 5.97 Å². The van der Waals surface area contributed by atoms with E-state index in [4.69, 9.17) is 4.74 Å². The zero-order chi connectivity index (χ0) is 13.4. The van der Waals surface area contributed by atoms with Gasteiger partial charge in [0.15, 0.2) is 0 Å². The molecule has 1 aliphatic rings. The largest absolute Gasteiger partial charge is 0.466 e. The van der Waals surface area contributed by atoms with Crippen molar-refractivity contribution in [1.29, 1.82) is 0 Å². The van der Waals surface area contributed by atoms with Gasteiger partial charge in [0.05, 0.1) is 6.61 Å². The first-order valence-corrected chi connectivity index (χ1v) is 7.49. The van der Waals surface area contributed by atoms with E-state index in [1.54, 1.807) is 0 Å². The van der Waals surface area contributed by atoms with Gasteiger partial charge in [-0.05, 0) is 64.5 Å². The lowest BCUT2D eigenvalue weighted by Crippen LogP contribution is -2.29. The van der Waals surface area contributed by atoms with Crippen LogP contribution in [-0.2, 0) is 9.53 Å². The average molecular weight is 255 g/mol. The lowest BCUT2D eigenvalue weighted by molar-refractivity contribution is -0.144. The zero-order valence-electron chi connectivity index (χ0n) is 12.3. The maximum absolute atomic E-state index is 11.4. The van der Waals surface area contributed by atoms with Crippen LogP contribution in [0, 0.1) is 11.8 Å². The first-order chi connectivity index (χ1) is 8.65. The first-order valence-electron chi connectivity index (χ1n) is 7.49. The first kappa shape index (κ1) is 15.5. The Morgan fingerprint density at radius 2 is 1.78 bits per heavy atom. The van der Waals surface area contributed by atoms with Crippen LogP contribution < -0.4 is 0 Å². The molecule has 1 rings (SSSR count). The van der Waals surface area contributed by atoms with Crippen LogP contribution in [0.4, 0.5) is 0 Å². The van der Waals surface area contributed by atoms with Crippen LogP contribution in [0.1, 0.15) is 52.4 Å². The summed E-state index contributed by atoms with van der Waals surface area (Å²) in [7, 11) is 2.22. The third-order valence-corrected chi connectivity index (χ3v) is 3.90. The van der Waals surface area contributed by atoms with E-state index >= 15 is 0 Å². The van der Waals surface area contributed by atoms with Crippen LogP contribution in [0.3, 0.4) is 0 Å². The standard InChI is InChI=1S/C15H29NO2/c1-4-10-16(3)12-14-8-6-13(7-9-14)11-15(17)18-5-2/h13-14H,4-12H2,1-3H3/t13-,14-. The van der Waals surface area contributed by atoms with Crippen LogP contribution in [0.2, 0.25) is 0 Å². The Balaban J connectivity index is 2.18. The maximum Gasteiger partial charge on any atom is 0.306 e. The Bertz CT molecular complexity index is 235. The molecule has 0 amide bonds. The van der Waals surface area contributed by atoms with Crippen molar-refractivity contribution in [1.82, 2.24) is 4.90 Å². The molecule has 0 N–H and O–H groups in total. The maximum atomic E-state index is 11.4. The Morgan fingerprint density at radius 1 is 1.17 bits per heavy atom. The van der Waals surface area contributed by atoms with Gasteiger partial charge in [0, 0.05) is 13.0 Å². The Labute approximate surface area is 112 Å². The average Bonchev–Trinajstić information content (AvgIpc) is 2.32. The summed E-state index contributed by atoms with van der Waals surface area (Å²) < 4.78 is 5.02. The second kappa shape index (κ2) is 8.52. The molecule has 1 fully saturated rings. The van der Waals surface area contributed by atoms with Gasteiger partial charge in [-0.3, -0.25) is 4.79 Å². The molecule has 1 aliphatic carbocycles. The fourth-order valence-electron chi connectivity index (χ4n) is 2.99. The molecule has 0 aromatic carbocycles. The molecule has 0 atom stereocenters. The molecular weight excluding hydrogens is 226 g/mol. The van der Waals surface area contributed by atoms with Crippen LogP contribution in [0.25, 0.3) is 0 Å². The van der Waals surface area contributed by atoms with Crippen molar-refractivity contribution in [2.24, 2.45) is 11.8 Å². The SMILES string of the molecule is CCCN(C)C[C@H]1CC[C@H](CC(=O)OCC)CC1. The van der Waals surface area contributed by atoms with Crippen LogP contribution in [0.15, 0.2) is 0 Å². The van der Waals surface area contributed by atoms with Crippen molar-refractivity contribution in [2.75, 3.05) is 26.7 Å². The van der Waals surface area contributed by atoms with Crippen molar-refractivity contribution in [3.05, 3.63) is 0 Å². The van der Waals surface area contributed by atoms with Gasteiger partial charge in [0.2, 0.25) is 0 Å². The molecule has 0 radical (unpaired) electrons. The molecule has 0 bridgehead atoms. The summed E-state index contributed by atoms with van der Waals surface area (Å²) in [5.74, 6) is 1.39. The summed E-state index contributed by atoms with van der Waals surface area (Å²) in [6.45, 7) is 7.03. The van der Waals surface area contributed by atoms with Crippen molar-refractivity contribution in [2.45, 2.75) is 52.4 Å². The van der Waals surface area contributed by atoms with Gasteiger partial charge in [0.1, 0.15) is 0 Å². The molecule has 18 heavy (non-hydrogen) atoms. The fourth-order valence-corrected chi connectivity index (χ4v) is 2.99. The highest BCUT2D eigenvalue weighted by molar-refractivity contribution is 5.69.